The topological polar surface area (TPSA) is 50.9 Å². The monoisotopic (exact) mass is 279 g/mol. The molecule has 2 heterocycles. The molecule has 1 saturated heterocycles. The summed E-state index contributed by atoms with van der Waals surface area (Å²) in [5, 5.41) is 4.57. The van der Waals surface area contributed by atoms with E-state index in [1.54, 1.807) is 11.3 Å². The van der Waals surface area contributed by atoms with E-state index in [4.69, 9.17) is 5.73 Å². The molecule has 1 fully saturated rings. The number of hydrogen-bond donors (Lipinski definition) is 2. The molecule has 18 heavy (non-hydrogen) atoms. The minimum atomic E-state index is 0.780. The molecule has 0 aliphatic carbocycles. The minimum absolute atomic E-state index is 0.780. The van der Waals surface area contributed by atoms with Gasteiger partial charge in [-0.05, 0) is 42.9 Å². The van der Waals surface area contributed by atoms with E-state index in [2.05, 4.69) is 16.4 Å². The van der Waals surface area contributed by atoms with Crippen molar-refractivity contribution in [2.45, 2.75) is 13.3 Å². The zero-order valence-corrected chi connectivity index (χ0v) is 12.0. The van der Waals surface area contributed by atoms with Crippen LogP contribution in [0.5, 0.6) is 0 Å². The first-order valence-electron chi connectivity index (χ1n) is 6.20. The highest BCUT2D eigenvalue weighted by molar-refractivity contribution is 7.99. The lowest BCUT2D eigenvalue weighted by atomic mass is 10.1. The maximum absolute atomic E-state index is 6.09. The Morgan fingerprint density at radius 2 is 2.39 bits per heavy atom. The Morgan fingerprint density at radius 3 is 3.17 bits per heavy atom. The molecule has 0 radical (unpaired) electrons. The number of thioether (sulfide) groups is 1. The number of nitrogens with zero attached hydrogens (tertiary/aromatic N) is 1. The molecule has 3 rings (SSSR count). The molecule has 1 atom stereocenters. The molecular formula is C13H17N3S2. The number of nitrogens with one attached hydrogen (secondary N) is 1. The third-order valence-electron chi connectivity index (χ3n) is 3.27. The average Bonchev–Trinajstić information content (AvgIpc) is 2.94. The van der Waals surface area contributed by atoms with Crippen LogP contribution in [0.4, 0.5) is 11.4 Å². The van der Waals surface area contributed by atoms with Crippen molar-refractivity contribution < 1.29 is 0 Å². The lowest BCUT2D eigenvalue weighted by molar-refractivity contribution is 0.632. The van der Waals surface area contributed by atoms with Gasteiger partial charge in [-0.2, -0.15) is 11.8 Å². The number of aryl methyl sites for hydroxylation is 1. The van der Waals surface area contributed by atoms with Gasteiger partial charge in [0.25, 0.3) is 0 Å². The van der Waals surface area contributed by atoms with Crippen molar-refractivity contribution in [1.82, 2.24) is 4.98 Å². The zero-order chi connectivity index (χ0) is 12.5. The van der Waals surface area contributed by atoms with E-state index in [1.165, 1.54) is 22.6 Å². The minimum Gasteiger partial charge on any atom is -0.397 e. The predicted octanol–water partition coefficient (Wildman–Crippen LogP) is 3.35. The molecule has 1 aromatic carbocycles. The first-order valence-corrected chi connectivity index (χ1v) is 8.18. The Balaban J connectivity index is 1.79. The Bertz CT molecular complexity index is 559. The van der Waals surface area contributed by atoms with E-state index in [0.717, 1.165) is 34.4 Å². The normalized spacial score (nSPS) is 19.5. The number of nitrogen functional groups attached to an aromatic ring is 1. The molecule has 1 aliphatic heterocycles. The molecule has 5 heteroatoms. The first kappa shape index (κ1) is 12.1. The van der Waals surface area contributed by atoms with Crippen molar-refractivity contribution in [3.63, 3.8) is 0 Å². The van der Waals surface area contributed by atoms with Gasteiger partial charge in [0.15, 0.2) is 0 Å². The van der Waals surface area contributed by atoms with Crippen molar-refractivity contribution in [3.05, 3.63) is 17.1 Å². The summed E-state index contributed by atoms with van der Waals surface area (Å²) < 4.78 is 1.17. The molecule has 0 bridgehead atoms. The lowest BCUT2D eigenvalue weighted by Crippen LogP contribution is -2.14. The fraction of sp³-hybridized carbons (Fsp3) is 0.462. The second-order valence-corrected chi connectivity index (χ2v) is 7.14. The van der Waals surface area contributed by atoms with Crippen molar-refractivity contribution in [1.29, 1.82) is 0 Å². The summed E-state index contributed by atoms with van der Waals surface area (Å²) in [6, 6.07) is 4.11. The SMILES string of the molecule is Cc1nc2cc(NCC3CCSC3)c(N)cc2s1. The maximum Gasteiger partial charge on any atom is 0.0907 e. The summed E-state index contributed by atoms with van der Waals surface area (Å²) in [4.78, 5) is 4.51. The van der Waals surface area contributed by atoms with Crippen LogP contribution in [-0.2, 0) is 0 Å². The van der Waals surface area contributed by atoms with E-state index in [0.29, 0.717) is 0 Å². The summed E-state index contributed by atoms with van der Waals surface area (Å²) in [7, 11) is 0. The van der Waals surface area contributed by atoms with Gasteiger partial charge in [0.2, 0.25) is 0 Å². The van der Waals surface area contributed by atoms with E-state index in [9.17, 15) is 0 Å². The fourth-order valence-electron chi connectivity index (χ4n) is 2.26. The van der Waals surface area contributed by atoms with E-state index < -0.39 is 0 Å². The van der Waals surface area contributed by atoms with Crippen LogP contribution in [0.3, 0.4) is 0 Å². The molecule has 3 N–H and O–H groups in total. The van der Waals surface area contributed by atoms with Crippen LogP contribution < -0.4 is 11.1 Å². The summed E-state index contributed by atoms with van der Waals surface area (Å²) in [5.74, 6) is 3.35. The summed E-state index contributed by atoms with van der Waals surface area (Å²) >= 11 is 3.74. The molecule has 1 unspecified atom stereocenters. The van der Waals surface area contributed by atoms with Crippen LogP contribution in [0, 0.1) is 12.8 Å². The highest BCUT2D eigenvalue weighted by Gasteiger charge is 2.15. The number of benzene rings is 1. The summed E-state index contributed by atoms with van der Waals surface area (Å²) in [6.07, 6.45) is 1.32. The molecule has 1 aliphatic rings. The Kier molecular flexibility index (Phi) is 3.35. The van der Waals surface area contributed by atoms with Crippen molar-refractivity contribution in [2.24, 2.45) is 5.92 Å². The van der Waals surface area contributed by atoms with E-state index in [1.807, 2.05) is 24.8 Å². The van der Waals surface area contributed by atoms with Crippen LogP contribution >= 0.6 is 23.1 Å². The number of thiazole rings is 1. The average molecular weight is 279 g/mol. The van der Waals surface area contributed by atoms with Crippen molar-refractivity contribution in [2.75, 3.05) is 29.1 Å². The summed E-state index contributed by atoms with van der Waals surface area (Å²) in [6.45, 7) is 3.05. The van der Waals surface area contributed by atoms with Gasteiger partial charge in [-0.1, -0.05) is 0 Å². The van der Waals surface area contributed by atoms with Crippen LogP contribution in [0.15, 0.2) is 12.1 Å². The third-order valence-corrected chi connectivity index (χ3v) is 5.44. The molecular weight excluding hydrogens is 262 g/mol. The lowest BCUT2D eigenvalue weighted by Gasteiger charge is -2.13. The quantitative estimate of drug-likeness (QED) is 0.846. The van der Waals surface area contributed by atoms with Gasteiger partial charge in [-0.3, -0.25) is 0 Å². The number of hydrogen-bond acceptors (Lipinski definition) is 5. The van der Waals surface area contributed by atoms with Gasteiger partial charge in [0.1, 0.15) is 0 Å². The van der Waals surface area contributed by atoms with Gasteiger partial charge in [0, 0.05) is 6.54 Å². The van der Waals surface area contributed by atoms with Gasteiger partial charge >= 0.3 is 0 Å². The second kappa shape index (κ2) is 4.97. The molecule has 0 saturated carbocycles. The first-order chi connectivity index (χ1) is 8.72. The van der Waals surface area contributed by atoms with Gasteiger partial charge in [-0.15, -0.1) is 11.3 Å². The van der Waals surface area contributed by atoms with E-state index in [-0.39, 0.29) is 0 Å². The number of anilines is 2. The predicted molar refractivity (Wildman–Crippen MR) is 82.7 cm³/mol. The van der Waals surface area contributed by atoms with Crippen molar-refractivity contribution in [3.8, 4) is 0 Å². The van der Waals surface area contributed by atoms with Crippen LogP contribution in [0.25, 0.3) is 10.2 Å². The second-order valence-electron chi connectivity index (χ2n) is 4.75. The Morgan fingerprint density at radius 1 is 1.50 bits per heavy atom. The largest absolute Gasteiger partial charge is 0.397 e. The fourth-order valence-corrected chi connectivity index (χ4v) is 4.40. The van der Waals surface area contributed by atoms with Gasteiger partial charge < -0.3 is 11.1 Å². The highest BCUT2D eigenvalue weighted by Crippen LogP contribution is 2.30. The number of rotatable bonds is 3. The van der Waals surface area contributed by atoms with Crippen LogP contribution in [0.2, 0.25) is 0 Å². The Labute approximate surface area is 115 Å². The molecule has 0 amide bonds. The van der Waals surface area contributed by atoms with Crippen molar-refractivity contribution >= 4 is 44.7 Å². The molecule has 96 valence electrons. The molecule has 2 aromatic rings. The van der Waals surface area contributed by atoms with Gasteiger partial charge in [0.05, 0.1) is 26.6 Å². The van der Waals surface area contributed by atoms with Crippen LogP contribution in [-0.4, -0.2) is 23.0 Å². The number of aromatic nitrogens is 1. The van der Waals surface area contributed by atoms with E-state index >= 15 is 0 Å². The highest BCUT2D eigenvalue weighted by atomic mass is 32.2. The van der Waals surface area contributed by atoms with Gasteiger partial charge in [-0.25, -0.2) is 4.98 Å². The Hall–Kier alpha value is -0.940. The summed E-state index contributed by atoms with van der Waals surface area (Å²) in [5.41, 5.74) is 9.01. The number of nitrogens with two attached hydrogens (primary N) is 1. The molecule has 1 aromatic heterocycles. The molecule has 3 nitrogen and oxygen atoms in total. The third kappa shape index (κ3) is 2.42. The maximum atomic E-state index is 6.09. The standard InChI is InChI=1S/C13H17N3S2/c1-8-16-12-5-11(10(14)4-13(12)18-8)15-6-9-2-3-17-7-9/h4-5,9,15H,2-3,6-7,14H2,1H3. The van der Waals surface area contributed by atoms with Crippen LogP contribution in [0.1, 0.15) is 11.4 Å². The molecule has 0 spiro atoms. The smallest absolute Gasteiger partial charge is 0.0907 e. The zero-order valence-electron chi connectivity index (χ0n) is 10.4. The number of fused-ring (bicyclic) bond motifs is 1.